The van der Waals surface area contributed by atoms with Gasteiger partial charge in [0.2, 0.25) is 5.78 Å². The summed E-state index contributed by atoms with van der Waals surface area (Å²) in [4.78, 5) is 26.4. The van der Waals surface area contributed by atoms with Crippen LogP contribution >= 0.6 is 11.3 Å². The van der Waals surface area contributed by atoms with Crippen molar-refractivity contribution in [3.63, 3.8) is 0 Å². The van der Waals surface area contributed by atoms with Gasteiger partial charge in [-0.1, -0.05) is 36.4 Å². The van der Waals surface area contributed by atoms with Gasteiger partial charge in [0.1, 0.15) is 11.3 Å². The molecule has 152 valence electrons. The number of fused-ring (bicyclic) bond motifs is 1. The average molecular weight is 420 g/mol. The standard InChI is InChI=1S/C24H21NO4S/c1-15-12-21(16(2)25(15)13-18-7-5-11-30-18)22(26)14-29-24(28)20-10-9-17-6-3-4-8-19(17)23(20)27/h3-12,27H,13-14H2,1-2H3. The van der Waals surface area contributed by atoms with Gasteiger partial charge >= 0.3 is 5.97 Å². The molecule has 0 spiro atoms. The first-order valence-electron chi connectivity index (χ1n) is 9.56. The molecule has 4 aromatic rings. The van der Waals surface area contributed by atoms with Crippen molar-refractivity contribution in [1.29, 1.82) is 0 Å². The van der Waals surface area contributed by atoms with Gasteiger partial charge in [-0.15, -0.1) is 11.3 Å². The van der Waals surface area contributed by atoms with Gasteiger partial charge in [0.05, 0.1) is 6.54 Å². The minimum atomic E-state index is -0.723. The van der Waals surface area contributed by atoms with Gasteiger partial charge in [0.15, 0.2) is 6.61 Å². The average Bonchev–Trinajstić information content (AvgIpc) is 3.36. The highest BCUT2D eigenvalue weighted by Crippen LogP contribution is 2.29. The highest BCUT2D eigenvalue weighted by molar-refractivity contribution is 7.09. The third-order valence-corrected chi connectivity index (χ3v) is 6.08. The van der Waals surface area contributed by atoms with Crippen molar-refractivity contribution in [3.05, 3.63) is 87.4 Å². The molecule has 0 aliphatic rings. The number of aromatic hydroxyl groups is 1. The van der Waals surface area contributed by atoms with Crippen molar-refractivity contribution in [2.75, 3.05) is 6.61 Å². The Balaban J connectivity index is 1.49. The number of carbonyl (C=O) groups is 2. The molecule has 6 heteroatoms. The zero-order valence-electron chi connectivity index (χ0n) is 16.7. The molecule has 0 radical (unpaired) electrons. The molecule has 0 saturated carbocycles. The van der Waals surface area contributed by atoms with Crippen molar-refractivity contribution in [3.8, 4) is 5.75 Å². The fourth-order valence-electron chi connectivity index (χ4n) is 3.59. The van der Waals surface area contributed by atoms with Crippen LogP contribution in [-0.4, -0.2) is 28.0 Å². The highest BCUT2D eigenvalue weighted by atomic mass is 32.1. The van der Waals surface area contributed by atoms with E-state index in [2.05, 4.69) is 10.6 Å². The minimum Gasteiger partial charge on any atom is -0.506 e. The molecule has 1 N–H and O–H groups in total. The van der Waals surface area contributed by atoms with Crippen molar-refractivity contribution >= 4 is 33.9 Å². The zero-order chi connectivity index (χ0) is 21.3. The molecular weight excluding hydrogens is 398 g/mol. The van der Waals surface area contributed by atoms with Crippen LogP contribution in [-0.2, 0) is 11.3 Å². The number of ether oxygens (including phenoxy) is 1. The monoisotopic (exact) mass is 419 g/mol. The van der Waals surface area contributed by atoms with Crippen LogP contribution in [0.2, 0.25) is 0 Å². The minimum absolute atomic E-state index is 0.0460. The van der Waals surface area contributed by atoms with Crippen LogP contribution in [0, 0.1) is 13.8 Å². The maximum absolute atomic E-state index is 12.7. The topological polar surface area (TPSA) is 68.5 Å². The number of hydrogen-bond donors (Lipinski definition) is 1. The number of thiophene rings is 1. The predicted molar refractivity (Wildman–Crippen MR) is 118 cm³/mol. The molecule has 0 aliphatic heterocycles. The van der Waals surface area contributed by atoms with E-state index in [-0.39, 0.29) is 23.7 Å². The zero-order valence-corrected chi connectivity index (χ0v) is 17.5. The molecule has 5 nitrogen and oxygen atoms in total. The Hall–Kier alpha value is -3.38. The van der Waals surface area contributed by atoms with E-state index in [1.54, 1.807) is 29.5 Å². The van der Waals surface area contributed by atoms with E-state index >= 15 is 0 Å². The van der Waals surface area contributed by atoms with Gasteiger partial charge in [0.25, 0.3) is 0 Å². The van der Waals surface area contributed by atoms with E-state index in [4.69, 9.17) is 4.74 Å². The molecular formula is C24H21NO4S. The molecule has 4 rings (SSSR count). The van der Waals surface area contributed by atoms with Crippen LogP contribution in [0.3, 0.4) is 0 Å². The molecule has 0 fully saturated rings. The molecule has 0 saturated heterocycles. The third kappa shape index (κ3) is 3.74. The molecule has 0 unspecified atom stereocenters. The summed E-state index contributed by atoms with van der Waals surface area (Å²) < 4.78 is 7.31. The third-order valence-electron chi connectivity index (χ3n) is 5.22. The molecule has 0 aliphatic carbocycles. The summed E-state index contributed by atoms with van der Waals surface area (Å²) in [6, 6.07) is 16.4. The van der Waals surface area contributed by atoms with E-state index < -0.39 is 5.97 Å². The highest BCUT2D eigenvalue weighted by Gasteiger charge is 2.20. The Kier molecular flexibility index (Phi) is 5.42. The molecule has 0 atom stereocenters. The Bertz CT molecular complexity index is 1240. The fourth-order valence-corrected chi connectivity index (χ4v) is 4.28. The molecule has 0 amide bonds. The number of aryl methyl sites for hydroxylation is 1. The van der Waals surface area contributed by atoms with Crippen molar-refractivity contribution in [2.45, 2.75) is 20.4 Å². The number of phenols is 1. The quantitative estimate of drug-likeness (QED) is 0.348. The number of Topliss-reactive ketones (excluding diaryl/α,β-unsaturated/α-hetero) is 1. The van der Waals surface area contributed by atoms with Crippen molar-refractivity contribution in [1.82, 2.24) is 4.57 Å². The van der Waals surface area contributed by atoms with Gasteiger partial charge in [-0.05, 0) is 42.8 Å². The van der Waals surface area contributed by atoms with Crippen LogP contribution in [0.15, 0.2) is 60.0 Å². The first-order valence-corrected chi connectivity index (χ1v) is 10.4. The summed E-state index contributed by atoms with van der Waals surface area (Å²) in [5.74, 6) is -1.13. The number of aromatic nitrogens is 1. The van der Waals surface area contributed by atoms with Crippen LogP contribution < -0.4 is 0 Å². The van der Waals surface area contributed by atoms with Gasteiger partial charge < -0.3 is 14.4 Å². The number of rotatable bonds is 6. The van der Waals surface area contributed by atoms with Crippen LogP contribution in [0.5, 0.6) is 5.75 Å². The lowest BCUT2D eigenvalue weighted by Gasteiger charge is -2.09. The van der Waals surface area contributed by atoms with E-state index in [1.807, 2.05) is 43.5 Å². The van der Waals surface area contributed by atoms with E-state index in [0.717, 1.165) is 16.8 Å². The second-order valence-electron chi connectivity index (χ2n) is 7.13. The van der Waals surface area contributed by atoms with Crippen molar-refractivity contribution < 1.29 is 19.4 Å². The number of esters is 1. The number of carbonyl (C=O) groups excluding carboxylic acids is 2. The summed E-state index contributed by atoms with van der Waals surface area (Å²) in [6.45, 7) is 4.17. The molecule has 2 aromatic carbocycles. The van der Waals surface area contributed by atoms with Crippen molar-refractivity contribution in [2.24, 2.45) is 0 Å². The van der Waals surface area contributed by atoms with Crippen LogP contribution in [0.25, 0.3) is 10.8 Å². The molecule has 2 heterocycles. The van der Waals surface area contributed by atoms with Gasteiger partial charge in [-0.3, -0.25) is 4.79 Å². The lowest BCUT2D eigenvalue weighted by molar-refractivity contribution is 0.0472. The summed E-state index contributed by atoms with van der Waals surface area (Å²) in [6.07, 6.45) is 0. The number of nitrogens with zero attached hydrogens (tertiary/aromatic N) is 1. The lowest BCUT2D eigenvalue weighted by atomic mass is 10.1. The van der Waals surface area contributed by atoms with Crippen LogP contribution in [0.1, 0.15) is 37.0 Å². The molecule has 0 bridgehead atoms. The molecule has 2 aromatic heterocycles. The fraction of sp³-hybridized carbons (Fsp3) is 0.167. The normalized spacial score (nSPS) is 11.0. The Morgan fingerprint density at radius 1 is 1.03 bits per heavy atom. The Morgan fingerprint density at radius 2 is 1.83 bits per heavy atom. The van der Waals surface area contributed by atoms with E-state index in [9.17, 15) is 14.7 Å². The Labute approximate surface area is 178 Å². The van der Waals surface area contributed by atoms with E-state index in [1.165, 1.54) is 10.9 Å². The maximum atomic E-state index is 12.7. The van der Waals surface area contributed by atoms with Gasteiger partial charge in [-0.2, -0.15) is 0 Å². The van der Waals surface area contributed by atoms with Gasteiger partial charge in [-0.25, -0.2) is 4.79 Å². The first kappa shape index (κ1) is 19.9. The summed E-state index contributed by atoms with van der Waals surface area (Å²) in [7, 11) is 0. The number of ketones is 1. The second kappa shape index (κ2) is 8.16. The number of phenolic OH excluding ortho intramolecular Hbond substituents is 1. The predicted octanol–water partition coefficient (Wildman–Crippen LogP) is 5.11. The number of hydrogen-bond acceptors (Lipinski definition) is 5. The smallest absolute Gasteiger partial charge is 0.342 e. The summed E-state index contributed by atoms with van der Waals surface area (Å²) >= 11 is 1.67. The largest absolute Gasteiger partial charge is 0.506 e. The summed E-state index contributed by atoms with van der Waals surface area (Å²) in [5.41, 5.74) is 2.41. The van der Waals surface area contributed by atoms with Gasteiger partial charge in [0, 0.05) is 27.2 Å². The van der Waals surface area contributed by atoms with Crippen LogP contribution in [0.4, 0.5) is 0 Å². The maximum Gasteiger partial charge on any atom is 0.342 e. The Morgan fingerprint density at radius 3 is 2.60 bits per heavy atom. The number of benzene rings is 2. The second-order valence-corrected chi connectivity index (χ2v) is 8.16. The molecule has 30 heavy (non-hydrogen) atoms. The lowest BCUT2D eigenvalue weighted by Crippen LogP contribution is -2.15. The summed E-state index contributed by atoms with van der Waals surface area (Å²) in [5, 5.41) is 13.8. The van der Waals surface area contributed by atoms with E-state index in [0.29, 0.717) is 17.5 Å². The first-order chi connectivity index (χ1) is 14.5. The SMILES string of the molecule is Cc1cc(C(=O)COC(=O)c2ccc3ccccc3c2O)c(C)n1Cc1cccs1.